The van der Waals surface area contributed by atoms with Crippen molar-refractivity contribution in [3.05, 3.63) is 12.2 Å². The molecule has 2 nitrogen and oxygen atoms in total. The first-order valence-corrected chi connectivity index (χ1v) is 8.40. The van der Waals surface area contributed by atoms with Gasteiger partial charge in [-0.1, -0.05) is 31.9 Å². The Morgan fingerprint density at radius 3 is 2.70 bits per heavy atom. The molecule has 0 aromatic carbocycles. The molecule has 0 spiro atoms. The van der Waals surface area contributed by atoms with Gasteiger partial charge >= 0.3 is 0 Å². The van der Waals surface area contributed by atoms with E-state index in [9.17, 15) is 0 Å². The molecule has 116 valence electrons. The van der Waals surface area contributed by atoms with Gasteiger partial charge in [0, 0.05) is 18.1 Å². The predicted octanol–water partition coefficient (Wildman–Crippen LogP) is 4.26. The summed E-state index contributed by atoms with van der Waals surface area (Å²) >= 11 is 0. The van der Waals surface area contributed by atoms with Crippen LogP contribution in [-0.2, 0) is 4.74 Å². The number of hydrogen-bond acceptors (Lipinski definition) is 2. The van der Waals surface area contributed by atoms with Crippen LogP contribution < -0.4 is 0 Å². The van der Waals surface area contributed by atoms with E-state index in [1.165, 1.54) is 32.1 Å². The second-order valence-corrected chi connectivity index (χ2v) is 7.71. The summed E-state index contributed by atoms with van der Waals surface area (Å²) < 4.78 is 5.76. The average molecular weight is 279 g/mol. The molecule has 1 heterocycles. The Labute approximate surface area is 125 Å². The molecule has 0 aromatic heterocycles. The molecule has 1 aliphatic carbocycles. The smallest absolute Gasteiger partial charge is 0.0672 e. The number of rotatable bonds is 5. The Bertz CT molecular complexity index is 336. The van der Waals surface area contributed by atoms with Crippen molar-refractivity contribution >= 4 is 0 Å². The van der Waals surface area contributed by atoms with Crippen molar-refractivity contribution in [3.8, 4) is 0 Å². The number of hydrogen-bond donors (Lipinski definition) is 0. The van der Waals surface area contributed by atoms with Crippen molar-refractivity contribution in [2.75, 3.05) is 19.8 Å². The van der Waals surface area contributed by atoms with Crippen molar-refractivity contribution < 1.29 is 4.74 Å². The highest BCUT2D eigenvalue weighted by atomic mass is 16.5. The highest BCUT2D eigenvalue weighted by Crippen LogP contribution is 2.44. The van der Waals surface area contributed by atoms with Crippen LogP contribution in [-0.4, -0.2) is 36.2 Å². The molecule has 0 radical (unpaired) electrons. The third-order valence-corrected chi connectivity index (χ3v) is 5.34. The molecule has 2 heteroatoms. The summed E-state index contributed by atoms with van der Waals surface area (Å²) in [7, 11) is 0. The molecule has 2 fully saturated rings. The lowest BCUT2D eigenvalue weighted by Crippen LogP contribution is -2.60. The molecule has 0 bridgehead atoms. The summed E-state index contributed by atoms with van der Waals surface area (Å²) in [6.07, 6.45) is 7.00. The summed E-state index contributed by atoms with van der Waals surface area (Å²) in [5.74, 6) is 1.79. The molecular formula is C18H33NO. The maximum atomic E-state index is 5.76. The molecule has 3 unspecified atom stereocenters. The lowest BCUT2D eigenvalue weighted by atomic mass is 9.67. The molecular weight excluding hydrogens is 246 g/mol. The van der Waals surface area contributed by atoms with Crippen LogP contribution in [0.5, 0.6) is 0 Å². The van der Waals surface area contributed by atoms with Crippen molar-refractivity contribution in [1.82, 2.24) is 4.90 Å². The van der Waals surface area contributed by atoms with E-state index in [0.29, 0.717) is 12.1 Å². The van der Waals surface area contributed by atoms with E-state index >= 15 is 0 Å². The third kappa shape index (κ3) is 3.65. The first-order chi connectivity index (χ1) is 9.42. The van der Waals surface area contributed by atoms with E-state index in [0.717, 1.165) is 36.6 Å². The number of piperidine rings is 1. The Balaban J connectivity index is 1.97. The number of ether oxygens (including phenoxy) is 1. The van der Waals surface area contributed by atoms with Crippen LogP contribution in [0.3, 0.4) is 0 Å². The fourth-order valence-corrected chi connectivity index (χ4v) is 4.57. The summed E-state index contributed by atoms with van der Waals surface area (Å²) in [5, 5.41) is 0. The maximum Gasteiger partial charge on any atom is 0.0672 e. The second kappa shape index (κ2) is 6.62. The average Bonchev–Trinajstić information content (AvgIpc) is 2.36. The fraction of sp³-hybridized carbons (Fsp3) is 0.889. The van der Waals surface area contributed by atoms with Crippen LogP contribution in [0, 0.1) is 11.8 Å². The third-order valence-electron chi connectivity index (χ3n) is 5.34. The maximum absolute atomic E-state index is 5.76. The summed E-state index contributed by atoms with van der Waals surface area (Å²) in [5.41, 5.74) is 1.44. The standard InChI is InChI=1S/C18H33NO/c1-14(2)13-20-11-10-19-17-9-7-6-8-16(17)15(3)12-18(19,4)5/h15-17H,1,6-13H2,2-5H3. The van der Waals surface area contributed by atoms with Gasteiger partial charge in [-0.2, -0.15) is 0 Å². The van der Waals surface area contributed by atoms with Crippen LogP contribution >= 0.6 is 0 Å². The van der Waals surface area contributed by atoms with Gasteiger partial charge in [0.1, 0.15) is 0 Å². The number of nitrogens with zero attached hydrogens (tertiary/aromatic N) is 1. The first kappa shape index (κ1) is 16.0. The summed E-state index contributed by atoms with van der Waals surface area (Å²) in [6.45, 7) is 15.9. The minimum absolute atomic E-state index is 0.324. The van der Waals surface area contributed by atoms with Gasteiger partial charge < -0.3 is 4.74 Å². The SMILES string of the molecule is C=C(C)COCCN1C2CCCCC2C(C)CC1(C)C. The molecule has 0 N–H and O–H groups in total. The summed E-state index contributed by atoms with van der Waals surface area (Å²) in [6, 6.07) is 0.788. The van der Waals surface area contributed by atoms with E-state index in [-0.39, 0.29) is 0 Å². The van der Waals surface area contributed by atoms with Crippen LogP contribution in [0.25, 0.3) is 0 Å². The van der Waals surface area contributed by atoms with Crippen molar-refractivity contribution in [1.29, 1.82) is 0 Å². The Kier molecular flexibility index (Phi) is 5.30. The van der Waals surface area contributed by atoms with E-state index in [1.807, 2.05) is 6.92 Å². The zero-order valence-electron chi connectivity index (χ0n) is 14.0. The van der Waals surface area contributed by atoms with Gasteiger partial charge in [0.15, 0.2) is 0 Å². The monoisotopic (exact) mass is 279 g/mol. The quantitative estimate of drug-likeness (QED) is 0.551. The van der Waals surface area contributed by atoms with Crippen molar-refractivity contribution in [2.45, 2.75) is 71.4 Å². The first-order valence-electron chi connectivity index (χ1n) is 8.40. The molecule has 1 saturated heterocycles. The van der Waals surface area contributed by atoms with E-state index < -0.39 is 0 Å². The van der Waals surface area contributed by atoms with Gasteiger partial charge in [0.2, 0.25) is 0 Å². The molecule has 0 amide bonds. The fourth-order valence-electron chi connectivity index (χ4n) is 4.57. The number of likely N-dealkylation sites (tertiary alicyclic amines) is 1. The van der Waals surface area contributed by atoms with Gasteiger partial charge in [-0.25, -0.2) is 0 Å². The normalized spacial score (nSPS) is 33.7. The minimum atomic E-state index is 0.324. The van der Waals surface area contributed by atoms with E-state index in [2.05, 4.69) is 32.3 Å². The van der Waals surface area contributed by atoms with E-state index in [1.54, 1.807) is 0 Å². The molecule has 20 heavy (non-hydrogen) atoms. The van der Waals surface area contributed by atoms with Gasteiger partial charge in [0.05, 0.1) is 13.2 Å². The van der Waals surface area contributed by atoms with Crippen LogP contribution in [0.2, 0.25) is 0 Å². The van der Waals surface area contributed by atoms with E-state index in [4.69, 9.17) is 4.74 Å². The largest absolute Gasteiger partial charge is 0.376 e. The molecule has 1 saturated carbocycles. The Morgan fingerprint density at radius 1 is 1.30 bits per heavy atom. The van der Waals surface area contributed by atoms with Gasteiger partial charge in [-0.3, -0.25) is 4.90 Å². The highest BCUT2D eigenvalue weighted by molar-refractivity contribution is 4.99. The predicted molar refractivity (Wildman–Crippen MR) is 85.9 cm³/mol. The molecule has 0 aromatic rings. The lowest BCUT2D eigenvalue weighted by molar-refractivity contribution is -0.0689. The molecule has 2 rings (SSSR count). The zero-order chi connectivity index (χ0) is 14.8. The Hall–Kier alpha value is -0.340. The number of fused-ring (bicyclic) bond motifs is 1. The highest BCUT2D eigenvalue weighted by Gasteiger charge is 2.45. The second-order valence-electron chi connectivity index (χ2n) is 7.71. The van der Waals surface area contributed by atoms with Crippen molar-refractivity contribution in [3.63, 3.8) is 0 Å². The van der Waals surface area contributed by atoms with Crippen LogP contribution in [0.4, 0.5) is 0 Å². The zero-order valence-corrected chi connectivity index (χ0v) is 14.0. The van der Waals surface area contributed by atoms with Gasteiger partial charge in [-0.05, 0) is 51.9 Å². The lowest BCUT2D eigenvalue weighted by Gasteiger charge is -2.55. The minimum Gasteiger partial charge on any atom is -0.376 e. The summed E-state index contributed by atoms with van der Waals surface area (Å²) in [4.78, 5) is 2.76. The van der Waals surface area contributed by atoms with Crippen molar-refractivity contribution in [2.24, 2.45) is 11.8 Å². The molecule has 3 atom stereocenters. The topological polar surface area (TPSA) is 12.5 Å². The Morgan fingerprint density at radius 2 is 2.00 bits per heavy atom. The molecule has 2 aliphatic rings. The van der Waals surface area contributed by atoms with Crippen LogP contribution in [0.15, 0.2) is 12.2 Å². The van der Waals surface area contributed by atoms with Gasteiger partial charge in [0.25, 0.3) is 0 Å². The molecule has 1 aliphatic heterocycles. The van der Waals surface area contributed by atoms with Crippen LogP contribution in [0.1, 0.15) is 59.8 Å². The van der Waals surface area contributed by atoms with Gasteiger partial charge in [-0.15, -0.1) is 0 Å².